The van der Waals surface area contributed by atoms with Crippen LogP contribution in [-0.4, -0.2) is 191 Å². The van der Waals surface area contributed by atoms with Crippen LogP contribution in [0.1, 0.15) is 20.3 Å². The number of amides is 2. The lowest BCUT2D eigenvalue weighted by Crippen LogP contribution is -2.69. The van der Waals surface area contributed by atoms with Crippen LogP contribution in [0.4, 0.5) is 0 Å². The smallest absolute Gasteiger partial charge is 0.364 e. The quantitative estimate of drug-likeness (QED) is 0.0913. The Morgan fingerprint density at radius 1 is 0.870 bits per heavy atom. The Hall–Kier alpha value is -2.19. The third-order valence-corrected chi connectivity index (χ3v) is 7.87. The predicted octanol–water partition coefficient (Wildman–Crippen LogP) is -8.08. The van der Waals surface area contributed by atoms with Crippen molar-refractivity contribution in [2.75, 3.05) is 19.8 Å². The molecule has 0 aromatic heterocycles. The first kappa shape index (κ1) is 38.3. The van der Waals surface area contributed by atoms with Gasteiger partial charge >= 0.3 is 5.97 Å². The Balaban J connectivity index is 1.83. The molecule has 0 aliphatic carbocycles. The summed E-state index contributed by atoms with van der Waals surface area (Å²) >= 11 is 0. The predicted molar refractivity (Wildman–Crippen MR) is 142 cm³/mol. The molecule has 3 fully saturated rings. The Morgan fingerprint density at radius 2 is 1.48 bits per heavy atom. The fourth-order valence-corrected chi connectivity index (χ4v) is 5.46. The third-order valence-electron chi connectivity index (χ3n) is 7.87. The van der Waals surface area contributed by atoms with Crippen LogP contribution in [0.3, 0.4) is 0 Å². The summed E-state index contributed by atoms with van der Waals surface area (Å²) in [5, 5.41) is 117. The second-order valence-electron chi connectivity index (χ2n) is 11.3. The second-order valence-corrected chi connectivity index (χ2v) is 11.3. The minimum absolute atomic E-state index is 0.677. The zero-order valence-corrected chi connectivity index (χ0v) is 24.7. The van der Waals surface area contributed by atoms with Crippen molar-refractivity contribution in [2.45, 2.75) is 118 Å². The molecule has 0 aromatic rings. The summed E-state index contributed by atoms with van der Waals surface area (Å²) in [4.78, 5) is 35.7. The molecule has 3 saturated heterocycles. The van der Waals surface area contributed by atoms with Crippen molar-refractivity contribution in [3.63, 3.8) is 0 Å². The van der Waals surface area contributed by atoms with E-state index < -0.39 is 142 Å². The van der Waals surface area contributed by atoms with E-state index in [-0.39, 0.29) is 0 Å². The van der Waals surface area contributed by atoms with E-state index in [4.69, 9.17) is 23.7 Å². The number of aliphatic carboxylic acids is 1. The minimum atomic E-state index is -2.84. The van der Waals surface area contributed by atoms with E-state index in [1.807, 2.05) is 0 Å². The molecule has 3 heterocycles. The minimum Gasteiger partial charge on any atom is -0.477 e. The van der Waals surface area contributed by atoms with Crippen LogP contribution in [-0.2, 0) is 38.1 Å². The Bertz CT molecular complexity index is 1050. The standard InChI is InChI=1S/C25H42N2O19/c1-7(30)26-13-9(32)3-25(24(40)41,46-21(13)15(34)10(33)4-28)42-6-12-16(35)18(37)19(38)23(44-12)45-20-11(5-29)43-22(39)14(17(20)36)27-8(2)31/h9-23,28-29,32-39H,3-6H2,1-2H3,(H,26,30)(H,27,31)(H,40,41)/t9-,10+,11+,12+,13+,14+,15+,16+,17+,18-,19+,20+,21+,22?,23-,25+/m0/s1. The van der Waals surface area contributed by atoms with E-state index in [1.165, 1.54) is 0 Å². The molecule has 13 N–H and O–H groups in total. The fourth-order valence-electron chi connectivity index (χ4n) is 5.46. The van der Waals surface area contributed by atoms with Gasteiger partial charge < -0.3 is 90.5 Å². The van der Waals surface area contributed by atoms with Gasteiger partial charge in [-0.2, -0.15) is 0 Å². The number of aliphatic hydroxyl groups excluding tert-OH is 10. The summed E-state index contributed by atoms with van der Waals surface area (Å²) in [6.45, 7) is -0.695. The van der Waals surface area contributed by atoms with Crippen LogP contribution in [0.2, 0.25) is 0 Å². The largest absolute Gasteiger partial charge is 0.477 e. The van der Waals surface area contributed by atoms with Crippen molar-refractivity contribution >= 4 is 17.8 Å². The highest BCUT2D eigenvalue weighted by molar-refractivity contribution is 5.76. The summed E-state index contributed by atoms with van der Waals surface area (Å²) in [5.41, 5.74) is 0. The van der Waals surface area contributed by atoms with Gasteiger partial charge in [-0.3, -0.25) is 9.59 Å². The third kappa shape index (κ3) is 8.26. The van der Waals surface area contributed by atoms with Gasteiger partial charge in [0.25, 0.3) is 5.79 Å². The van der Waals surface area contributed by atoms with Crippen LogP contribution in [0.25, 0.3) is 0 Å². The molecule has 21 heteroatoms. The molecule has 46 heavy (non-hydrogen) atoms. The van der Waals surface area contributed by atoms with Crippen LogP contribution < -0.4 is 10.6 Å². The van der Waals surface area contributed by atoms with Crippen molar-refractivity contribution in [1.82, 2.24) is 10.6 Å². The van der Waals surface area contributed by atoms with Gasteiger partial charge in [0.15, 0.2) is 12.6 Å². The van der Waals surface area contributed by atoms with Crippen LogP contribution in [0.5, 0.6) is 0 Å². The average Bonchev–Trinajstić information content (AvgIpc) is 2.99. The van der Waals surface area contributed by atoms with Crippen molar-refractivity contribution in [3.05, 3.63) is 0 Å². The monoisotopic (exact) mass is 674 g/mol. The molecule has 0 aromatic carbocycles. The van der Waals surface area contributed by atoms with Crippen LogP contribution >= 0.6 is 0 Å². The molecule has 0 bridgehead atoms. The fraction of sp³-hybridized carbons (Fsp3) is 0.880. The normalized spacial score (nSPS) is 42.9. The maximum absolute atomic E-state index is 12.4. The first-order valence-electron chi connectivity index (χ1n) is 14.2. The van der Waals surface area contributed by atoms with E-state index in [2.05, 4.69) is 10.6 Å². The zero-order valence-electron chi connectivity index (χ0n) is 24.7. The summed E-state index contributed by atoms with van der Waals surface area (Å²) < 4.78 is 27.2. The maximum atomic E-state index is 12.4. The molecule has 0 saturated carbocycles. The van der Waals surface area contributed by atoms with Crippen LogP contribution in [0.15, 0.2) is 0 Å². The second kappa shape index (κ2) is 15.8. The first-order valence-corrected chi connectivity index (χ1v) is 14.2. The number of carbonyl (C=O) groups is 3. The van der Waals surface area contributed by atoms with Gasteiger partial charge in [0.1, 0.15) is 67.1 Å². The molecule has 1 unspecified atom stereocenters. The number of hydrogen-bond acceptors (Lipinski definition) is 18. The SMILES string of the molecule is CC(=O)N[C@H]1[C@H]([C@H](O)[C@H](O)CO)O[C@@](OC[C@H]2O[C@@H](O[C@H]3[C@H](O)[C@@H](NC(C)=O)C(O)O[C@@H]3CO)[C@H](O)[C@@H](O)[C@@H]2O)(C(=O)O)C[C@@H]1O. The van der Waals surface area contributed by atoms with E-state index in [1.54, 1.807) is 0 Å². The van der Waals surface area contributed by atoms with E-state index in [0.717, 1.165) is 13.8 Å². The summed E-state index contributed by atoms with van der Waals surface area (Å²) in [6.07, 6.45) is -24.9. The molecular formula is C25H42N2O19. The molecule has 2 amide bonds. The lowest BCUT2D eigenvalue weighted by molar-refractivity contribution is -0.358. The van der Waals surface area contributed by atoms with Gasteiger partial charge in [0.05, 0.1) is 32.0 Å². The van der Waals surface area contributed by atoms with Gasteiger partial charge in [0.2, 0.25) is 11.8 Å². The summed E-state index contributed by atoms with van der Waals surface area (Å²) in [7, 11) is 0. The molecular weight excluding hydrogens is 632 g/mol. The van der Waals surface area contributed by atoms with Crippen molar-refractivity contribution in [3.8, 4) is 0 Å². The molecule has 3 aliphatic heterocycles. The average molecular weight is 675 g/mol. The number of carboxylic acids is 1. The Morgan fingerprint density at radius 3 is 2.02 bits per heavy atom. The Kier molecular flexibility index (Phi) is 13.1. The van der Waals surface area contributed by atoms with Crippen molar-refractivity contribution in [1.29, 1.82) is 0 Å². The number of aliphatic hydroxyl groups is 10. The molecule has 21 nitrogen and oxygen atoms in total. The highest BCUT2D eigenvalue weighted by atomic mass is 16.8. The van der Waals surface area contributed by atoms with Gasteiger partial charge in [-0.05, 0) is 0 Å². The summed E-state index contributed by atoms with van der Waals surface area (Å²) in [5.74, 6) is -6.12. The molecule has 0 spiro atoms. The highest BCUT2D eigenvalue weighted by Crippen LogP contribution is 2.35. The zero-order chi connectivity index (χ0) is 34.7. The molecule has 266 valence electrons. The van der Waals surface area contributed by atoms with E-state index in [9.17, 15) is 70.6 Å². The van der Waals surface area contributed by atoms with E-state index in [0.29, 0.717) is 0 Å². The maximum Gasteiger partial charge on any atom is 0.364 e. The lowest BCUT2D eigenvalue weighted by atomic mass is 9.88. The molecule has 3 aliphatic rings. The number of nitrogens with one attached hydrogen (secondary N) is 2. The number of ether oxygens (including phenoxy) is 5. The first-order chi connectivity index (χ1) is 21.5. The van der Waals surface area contributed by atoms with Gasteiger partial charge in [-0.25, -0.2) is 4.79 Å². The van der Waals surface area contributed by atoms with Crippen molar-refractivity contribution < 1.29 is 94.2 Å². The van der Waals surface area contributed by atoms with Gasteiger partial charge in [-0.1, -0.05) is 0 Å². The van der Waals surface area contributed by atoms with Gasteiger partial charge in [-0.15, -0.1) is 0 Å². The van der Waals surface area contributed by atoms with Gasteiger partial charge in [0, 0.05) is 20.3 Å². The van der Waals surface area contributed by atoms with Crippen molar-refractivity contribution in [2.24, 2.45) is 0 Å². The number of rotatable bonds is 12. The Labute approximate surface area is 260 Å². The number of hydrogen-bond donors (Lipinski definition) is 13. The summed E-state index contributed by atoms with van der Waals surface area (Å²) in [6, 6.07) is -2.96. The molecule has 0 radical (unpaired) electrons. The number of carbonyl (C=O) groups excluding carboxylic acids is 2. The molecule has 16 atom stereocenters. The van der Waals surface area contributed by atoms with Crippen LogP contribution in [0, 0.1) is 0 Å². The molecule has 3 rings (SSSR count). The lowest BCUT2D eigenvalue weighted by Gasteiger charge is -2.48. The van der Waals surface area contributed by atoms with E-state index >= 15 is 0 Å². The topological polar surface area (TPSA) is 344 Å². The number of carboxylic acid groups (broad SMARTS) is 1. The highest BCUT2D eigenvalue weighted by Gasteiger charge is 2.57.